The second-order valence-electron chi connectivity index (χ2n) is 7.32. The maximum absolute atomic E-state index is 13.3. The molecule has 1 heterocycles. The standard InChI is InChI=1S/C23H14Br2F3N3O3S2/c24-15-4-1-13(2-5-15)20-12-35-22(29-20)30-21(32)18-10-3-14(23(26,27)28)11-19(18)31-36(33,34)17-8-6-16(25)7-9-17/h1-12,31H,(H,29,30,32). The van der Waals surface area contributed by atoms with Gasteiger partial charge in [-0.1, -0.05) is 44.0 Å². The summed E-state index contributed by atoms with van der Waals surface area (Å²) in [5.41, 5.74) is -0.544. The molecule has 0 aliphatic carbocycles. The van der Waals surface area contributed by atoms with Crippen molar-refractivity contribution in [3.8, 4) is 11.3 Å². The molecule has 0 radical (unpaired) electrons. The van der Waals surface area contributed by atoms with Crippen molar-refractivity contribution in [3.05, 3.63) is 92.2 Å². The molecule has 0 spiro atoms. The van der Waals surface area contributed by atoms with E-state index in [1.165, 1.54) is 24.3 Å². The van der Waals surface area contributed by atoms with E-state index in [9.17, 15) is 26.4 Å². The van der Waals surface area contributed by atoms with E-state index >= 15 is 0 Å². The van der Waals surface area contributed by atoms with Gasteiger partial charge in [-0.25, -0.2) is 13.4 Å². The number of nitrogens with one attached hydrogen (secondary N) is 2. The van der Waals surface area contributed by atoms with Gasteiger partial charge in [-0.05, 0) is 54.6 Å². The number of amides is 1. The van der Waals surface area contributed by atoms with Crippen LogP contribution < -0.4 is 10.0 Å². The number of anilines is 2. The number of hydrogen-bond donors (Lipinski definition) is 2. The monoisotopic (exact) mass is 659 g/mol. The number of carbonyl (C=O) groups excluding carboxylic acids is 1. The normalized spacial score (nSPS) is 11.8. The number of alkyl halides is 3. The first-order valence-corrected chi connectivity index (χ1v) is 13.9. The smallest absolute Gasteiger partial charge is 0.298 e. The van der Waals surface area contributed by atoms with Crippen LogP contribution in [0, 0.1) is 0 Å². The Bertz CT molecular complexity index is 1520. The number of nitrogens with zero attached hydrogens (tertiary/aromatic N) is 1. The van der Waals surface area contributed by atoms with Gasteiger partial charge in [-0.2, -0.15) is 13.2 Å². The Kier molecular flexibility index (Phi) is 7.55. The van der Waals surface area contributed by atoms with Crippen molar-refractivity contribution in [2.45, 2.75) is 11.1 Å². The van der Waals surface area contributed by atoms with E-state index in [-0.39, 0.29) is 15.6 Å². The summed E-state index contributed by atoms with van der Waals surface area (Å²) in [5, 5.41) is 4.43. The third kappa shape index (κ3) is 6.14. The molecule has 1 aromatic heterocycles. The van der Waals surface area contributed by atoms with Crippen molar-refractivity contribution >= 4 is 69.9 Å². The van der Waals surface area contributed by atoms with Crippen molar-refractivity contribution < 1.29 is 26.4 Å². The Labute approximate surface area is 224 Å². The van der Waals surface area contributed by atoms with Crippen LogP contribution in [0.2, 0.25) is 0 Å². The van der Waals surface area contributed by atoms with E-state index in [0.717, 1.165) is 27.4 Å². The van der Waals surface area contributed by atoms with Gasteiger partial charge in [-0.3, -0.25) is 14.8 Å². The average Bonchev–Trinajstić information content (AvgIpc) is 3.27. The van der Waals surface area contributed by atoms with Crippen LogP contribution in [-0.4, -0.2) is 19.3 Å². The molecule has 36 heavy (non-hydrogen) atoms. The number of benzene rings is 3. The molecule has 0 fully saturated rings. The zero-order valence-corrected chi connectivity index (χ0v) is 22.6. The van der Waals surface area contributed by atoms with Gasteiger partial charge in [0.1, 0.15) is 0 Å². The summed E-state index contributed by atoms with van der Waals surface area (Å²) in [7, 11) is -4.29. The first-order valence-electron chi connectivity index (χ1n) is 9.95. The molecular weight excluding hydrogens is 647 g/mol. The first kappa shape index (κ1) is 26.3. The van der Waals surface area contributed by atoms with Crippen LogP contribution in [0.25, 0.3) is 11.3 Å². The summed E-state index contributed by atoms with van der Waals surface area (Å²) < 4.78 is 69.3. The summed E-state index contributed by atoms with van der Waals surface area (Å²) in [6, 6.07) is 15.0. The molecule has 4 aromatic rings. The largest absolute Gasteiger partial charge is 0.416 e. The van der Waals surface area contributed by atoms with Gasteiger partial charge in [0.2, 0.25) is 0 Å². The van der Waals surface area contributed by atoms with Gasteiger partial charge in [0, 0.05) is 19.9 Å². The van der Waals surface area contributed by atoms with Gasteiger partial charge in [0.15, 0.2) is 5.13 Å². The quantitative estimate of drug-likeness (QED) is 0.226. The number of hydrogen-bond acceptors (Lipinski definition) is 5. The molecule has 2 N–H and O–H groups in total. The van der Waals surface area contributed by atoms with Crippen molar-refractivity contribution in [1.82, 2.24) is 4.98 Å². The van der Waals surface area contributed by atoms with E-state index in [1.54, 1.807) is 5.38 Å². The number of thiazole rings is 1. The van der Waals surface area contributed by atoms with E-state index < -0.39 is 33.4 Å². The summed E-state index contributed by atoms with van der Waals surface area (Å²) >= 11 is 7.66. The molecule has 4 rings (SSSR count). The molecular formula is C23H14Br2F3N3O3S2. The van der Waals surface area contributed by atoms with E-state index in [2.05, 4.69) is 46.9 Å². The zero-order valence-electron chi connectivity index (χ0n) is 17.8. The lowest BCUT2D eigenvalue weighted by Gasteiger charge is -2.15. The summed E-state index contributed by atoms with van der Waals surface area (Å²) in [5.74, 6) is -0.825. The topological polar surface area (TPSA) is 88.2 Å². The minimum atomic E-state index is -4.75. The van der Waals surface area contributed by atoms with Gasteiger partial charge < -0.3 is 0 Å². The number of aromatic nitrogens is 1. The Morgan fingerprint density at radius 1 is 0.917 bits per heavy atom. The number of carbonyl (C=O) groups is 1. The molecule has 0 bridgehead atoms. The average molecular weight is 661 g/mol. The van der Waals surface area contributed by atoms with Crippen molar-refractivity contribution in [2.24, 2.45) is 0 Å². The van der Waals surface area contributed by atoms with Crippen molar-refractivity contribution in [2.75, 3.05) is 10.0 Å². The van der Waals surface area contributed by atoms with Crippen LogP contribution in [0.15, 0.2) is 86.0 Å². The fraction of sp³-hybridized carbons (Fsp3) is 0.0435. The molecule has 0 saturated heterocycles. The van der Waals surface area contributed by atoms with Gasteiger partial charge in [0.05, 0.1) is 27.4 Å². The zero-order chi connectivity index (χ0) is 26.1. The fourth-order valence-electron chi connectivity index (χ4n) is 3.07. The summed E-state index contributed by atoms with van der Waals surface area (Å²) in [6.45, 7) is 0. The van der Waals surface area contributed by atoms with Crippen LogP contribution in [0.1, 0.15) is 15.9 Å². The molecule has 13 heteroatoms. The highest BCUT2D eigenvalue weighted by Crippen LogP contribution is 2.34. The van der Waals surface area contributed by atoms with Gasteiger partial charge >= 0.3 is 6.18 Å². The Morgan fingerprint density at radius 3 is 2.14 bits per heavy atom. The van der Waals surface area contributed by atoms with E-state index in [1.807, 2.05) is 24.3 Å². The molecule has 1 amide bonds. The molecule has 0 aliphatic rings. The number of halogens is 5. The van der Waals surface area contributed by atoms with Gasteiger partial charge in [0.25, 0.3) is 15.9 Å². The van der Waals surface area contributed by atoms with Crippen LogP contribution in [0.5, 0.6) is 0 Å². The first-order chi connectivity index (χ1) is 16.9. The number of sulfonamides is 1. The van der Waals surface area contributed by atoms with Crippen LogP contribution in [0.3, 0.4) is 0 Å². The number of rotatable bonds is 6. The minimum Gasteiger partial charge on any atom is -0.298 e. The lowest BCUT2D eigenvalue weighted by Crippen LogP contribution is -2.20. The maximum Gasteiger partial charge on any atom is 0.416 e. The molecule has 0 aliphatic heterocycles. The highest BCUT2D eigenvalue weighted by molar-refractivity contribution is 9.10. The lowest BCUT2D eigenvalue weighted by molar-refractivity contribution is -0.137. The molecule has 6 nitrogen and oxygen atoms in total. The third-order valence-electron chi connectivity index (χ3n) is 4.82. The van der Waals surface area contributed by atoms with E-state index in [4.69, 9.17) is 0 Å². The van der Waals surface area contributed by atoms with Crippen LogP contribution in [0.4, 0.5) is 24.0 Å². The Balaban J connectivity index is 1.65. The van der Waals surface area contributed by atoms with Crippen LogP contribution >= 0.6 is 43.2 Å². The summed E-state index contributed by atoms with van der Waals surface area (Å²) in [6.07, 6.45) is -4.75. The summed E-state index contributed by atoms with van der Waals surface area (Å²) in [4.78, 5) is 17.1. The highest BCUT2D eigenvalue weighted by Gasteiger charge is 2.32. The molecule has 186 valence electrons. The third-order valence-corrected chi connectivity index (χ3v) is 8.02. The fourth-order valence-corrected chi connectivity index (χ4v) is 5.38. The van der Waals surface area contributed by atoms with Gasteiger partial charge in [-0.15, -0.1) is 11.3 Å². The van der Waals surface area contributed by atoms with Crippen LogP contribution in [-0.2, 0) is 16.2 Å². The second kappa shape index (κ2) is 10.3. The van der Waals surface area contributed by atoms with E-state index in [0.29, 0.717) is 22.3 Å². The molecule has 0 saturated carbocycles. The minimum absolute atomic E-state index is 0.187. The maximum atomic E-state index is 13.3. The molecule has 3 aromatic carbocycles. The SMILES string of the molecule is O=C(Nc1nc(-c2ccc(Br)cc2)cs1)c1ccc(C(F)(F)F)cc1NS(=O)(=O)c1ccc(Br)cc1. The second-order valence-corrected chi connectivity index (χ2v) is 11.7. The highest BCUT2D eigenvalue weighted by atomic mass is 79.9. The predicted octanol–water partition coefficient (Wildman–Crippen LogP) is 7.41. The Morgan fingerprint density at radius 2 is 1.53 bits per heavy atom. The molecule has 0 unspecified atom stereocenters. The predicted molar refractivity (Wildman–Crippen MR) is 140 cm³/mol. The molecule has 0 atom stereocenters. The Hall–Kier alpha value is -2.74. The van der Waals surface area contributed by atoms with Crippen molar-refractivity contribution in [1.29, 1.82) is 0 Å². The van der Waals surface area contributed by atoms with Crippen molar-refractivity contribution in [3.63, 3.8) is 0 Å². The lowest BCUT2D eigenvalue weighted by atomic mass is 10.1.